The zero-order chi connectivity index (χ0) is 22.2. The number of aromatic nitrogens is 1. The molecule has 5 rings (SSSR count). The number of rotatable bonds is 4. The zero-order valence-corrected chi connectivity index (χ0v) is 17.8. The molecular formula is C24H26N4O4. The Kier molecular flexibility index (Phi) is 5.48. The highest BCUT2D eigenvalue weighted by Crippen LogP contribution is 2.31. The van der Waals surface area contributed by atoms with Crippen molar-refractivity contribution in [2.75, 3.05) is 13.1 Å². The van der Waals surface area contributed by atoms with Gasteiger partial charge in [-0.1, -0.05) is 6.07 Å². The van der Waals surface area contributed by atoms with E-state index in [4.69, 9.17) is 0 Å². The second kappa shape index (κ2) is 8.44. The van der Waals surface area contributed by atoms with Gasteiger partial charge in [0, 0.05) is 49.9 Å². The van der Waals surface area contributed by atoms with Crippen LogP contribution < -0.4 is 5.32 Å². The van der Waals surface area contributed by atoms with Crippen molar-refractivity contribution in [3.63, 3.8) is 0 Å². The van der Waals surface area contributed by atoms with Gasteiger partial charge in [0.05, 0.1) is 11.8 Å². The van der Waals surface area contributed by atoms with E-state index in [0.717, 1.165) is 54.9 Å². The number of fused-ring (bicyclic) bond motifs is 1. The molecule has 0 saturated carbocycles. The maximum absolute atomic E-state index is 12.9. The van der Waals surface area contributed by atoms with Crippen LogP contribution in [0.4, 0.5) is 0 Å². The van der Waals surface area contributed by atoms with Gasteiger partial charge < -0.3 is 10.0 Å². The van der Waals surface area contributed by atoms with Gasteiger partial charge in [-0.15, -0.1) is 0 Å². The molecule has 2 N–H and O–H groups in total. The Morgan fingerprint density at radius 3 is 2.66 bits per heavy atom. The molecule has 1 aromatic carbocycles. The van der Waals surface area contributed by atoms with Gasteiger partial charge in [0.1, 0.15) is 6.04 Å². The monoisotopic (exact) mass is 434 g/mol. The Bertz CT molecular complexity index is 1080. The number of nitrogens with zero attached hydrogens (tertiary/aromatic N) is 3. The molecule has 166 valence electrons. The Morgan fingerprint density at radius 1 is 1.06 bits per heavy atom. The summed E-state index contributed by atoms with van der Waals surface area (Å²) in [4.78, 5) is 45.0. The van der Waals surface area contributed by atoms with Crippen LogP contribution in [-0.4, -0.2) is 62.8 Å². The van der Waals surface area contributed by atoms with Crippen molar-refractivity contribution in [1.82, 2.24) is 20.1 Å². The number of carbonyl (C=O) groups excluding carboxylic acids is 3. The number of hydrogen-bond acceptors (Lipinski definition) is 6. The van der Waals surface area contributed by atoms with E-state index in [-0.39, 0.29) is 24.3 Å². The standard InChI is InChI=1S/C24H26N4O4/c29-18-6-9-27(10-7-18)13-15-5-8-25-20(11-15)16-1-2-19-17(12-16)14-28(24(19)32)21-3-4-22(30)26-23(21)31/h1-2,5,8,11-12,18,21,29H,3-4,6-7,9-10,13-14H2,(H,26,30,31). The number of piperidine rings is 2. The minimum atomic E-state index is -0.611. The molecule has 32 heavy (non-hydrogen) atoms. The first-order valence-electron chi connectivity index (χ1n) is 11.1. The van der Waals surface area contributed by atoms with Crippen molar-refractivity contribution in [3.05, 3.63) is 53.2 Å². The number of nitrogens with one attached hydrogen (secondary N) is 1. The number of aliphatic hydroxyl groups excluding tert-OH is 1. The molecule has 1 aromatic heterocycles. The van der Waals surface area contributed by atoms with E-state index in [2.05, 4.69) is 21.3 Å². The molecule has 0 aliphatic carbocycles. The molecule has 3 aliphatic heterocycles. The van der Waals surface area contributed by atoms with Gasteiger partial charge in [-0.2, -0.15) is 0 Å². The van der Waals surface area contributed by atoms with Crippen LogP contribution in [0.3, 0.4) is 0 Å². The minimum Gasteiger partial charge on any atom is -0.393 e. The molecule has 0 bridgehead atoms. The SMILES string of the molecule is O=C1CCC(N2Cc3cc(-c4cc(CN5CCC(O)CC5)ccn4)ccc3C2=O)C(=O)N1. The molecule has 0 spiro atoms. The smallest absolute Gasteiger partial charge is 0.255 e. The summed E-state index contributed by atoms with van der Waals surface area (Å²) >= 11 is 0. The van der Waals surface area contributed by atoms with E-state index in [0.29, 0.717) is 18.5 Å². The third-order valence-electron chi connectivity index (χ3n) is 6.61. The van der Waals surface area contributed by atoms with Crippen molar-refractivity contribution >= 4 is 17.7 Å². The van der Waals surface area contributed by atoms with Gasteiger partial charge in [0.15, 0.2) is 0 Å². The average Bonchev–Trinajstić information content (AvgIpc) is 3.11. The van der Waals surface area contributed by atoms with Crippen molar-refractivity contribution in [3.8, 4) is 11.3 Å². The van der Waals surface area contributed by atoms with Gasteiger partial charge >= 0.3 is 0 Å². The van der Waals surface area contributed by atoms with Gasteiger partial charge in [-0.25, -0.2) is 0 Å². The summed E-state index contributed by atoms with van der Waals surface area (Å²) < 4.78 is 0. The maximum Gasteiger partial charge on any atom is 0.255 e. The van der Waals surface area contributed by atoms with E-state index < -0.39 is 11.9 Å². The topological polar surface area (TPSA) is 103 Å². The second-order valence-corrected chi connectivity index (χ2v) is 8.83. The lowest BCUT2D eigenvalue weighted by Crippen LogP contribution is -2.52. The van der Waals surface area contributed by atoms with Crippen molar-refractivity contribution in [1.29, 1.82) is 0 Å². The molecule has 2 fully saturated rings. The van der Waals surface area contributed by atoms with Gasteiger partial charge in [0.25, 0.3) is 5.91 Å². The van der Waals surface area contributed by atoms with Gasteiger partial charge in [-0.3, -0.25) is 29.6 Å². The van der Waals surface area contributed by atoms with Crippen molar-refractivity contribution in [2.24, 2.45) is 0 Å². The van der Waals surface area contributed by atoms with E-state index in [1.54, 1.807) is 17.2 Å². The van der Waals surface area contributed by atoms with Crippen LogP contribution in [0.1, 0.15) is 47.2 Å². The molecule has 2 aromatic rings. The van der Waals surface area contributed by atoms with E-state index in [9.17, 15) is 19.5 Å². The highest BCUT2D eigenvalue weighted by atomic mass is 16.3. The summed E-state index contributed by atoms with van der Waals surface area (Å²) in [6.45, 7) is 2.94. The molecule has 8 heteroatoms. The van der Waals surface area contributed by atoms with Crippen LogP contribution in [0.5, 0.6) is 0 Å². The fourth-order valence-electron chi connectivity index (χ4n) is 4.80. The number of amides is 3. The first kappa shape index (κ1) is 20.8. The van der Waals surface area contributed by atoms with E-state index >= 15 is 0 Å². The molecule has 8 nitrogen and oxygen atoms in total. The quantitative estimate of drug-likeness (QED) is 0.707. The lowest BCUT2D eigenvalue weighted by molar-refractivity contribution is -0.136. The molecule has 3 amide bonds. The van der Waals surface area contributed by atoms with Crippen molar-refractivity contribution < 1.29 is 19.5 Å². The third-order valence-corrected chi connectivity index (χ3v) is 6.61. The highest BCUT2D eigenvalue weighted by Gasteiger charge is 2.39. The summed E-state index contributed by atoms with van der Waals surface area (Å²) in [6.07, 6.45) is 3.83. The molecule has 3 aliphatic rings. The predicted octanol–water partition coefficient (Wildman–Crippen LogP) is 1.47. The summed E-state index contributed by atoms with van der Waals surface area (Å²) in [5, 5.41) is 12.0. The molecular weight excluding hydrogens is 408 g/mol. The molecule has 4 heterocycles. The predicted molar refractivity (Wildman–Crippen MR) is 116 cm³/mol. The number of benzene rings is 1. The molecule has 0 radical (unpaired) electrons. The number of pyridine rings is 1. The summed E-state index contributed by atoms with van der Waals surface area (Å²) in [5.41, 5.74) is 4.40. The summed E-state index contributed by atoms with van der Waals surface area (Å²) in [5.74, 6) is -0.860. The molecule has 1 atom stereocenters. The zero-order valence-electron chi connectivity index (χ0n) is 17.8. The lowest BCUT2D eigenvalue weighted by atomic mass is 10.0. The number of hydrogen-bond donors (Lipinski definition) is 2. The third kappa shape index (κ3) is 4.03. The Labute approximate surface area is 186 Å². The largest absolute Gasteiger partial charge is 0.393 e. The Morgan fingerprint density at radius 2 is 1.88 bits per heavy atom. The maximum atomic E-state index is 12.9. The van der Waals surface area contributed by atoms with Crippen LogP contribution >= 0.6 is 0 Å². The minimum absolute atomic E-state index is 0.171. The number of aliphatic hydroxyl groups is 1. The molecule has 1 unspecified atom stereocenters. The highest BCUT2D eigenvalue weighted by molar-refractivity contribution is 6.05. The number of imide groups is 1. The fraction of sp³-hybridized carbons (Fsp3) is 0.417. The second-order valence-electron chi connectivity index (χ2n) is 8.83. The normalized spacial score (nSPS) is 22.2. The fourth-order valence-corrected chi connectivity index (χ4v) is 4.80. The van der Waals surface area contributed by atoms with Gasteiger partial charge in [0.2, 0.25) is 11.8 Å². The van der Waals surface area contributed by atoms with Crippen LogP contribution in [-0.2, 0) is 22.7 Å². The van der Waals surface area contributed by atoms with E-state index in [1.165, 1.54) is 0 Å². The first-order valence-corrected chi connectivity index (χ1v) is 11.1. The first-order chi connectivity index (χ1) is 15.5. The number of carbonyl (C=O) groups is 3. The van der Waals surface area contributed by atoms with Crippen LogP contribution in [0.2, 0.25) is 0 Å². The lowest BCUT2D eigenvalue weighted by Gasteiger charge is -2.29. The summed E-state index contributed by atoms with van der Waals surface area (Å²) in [6, 6.07) is 9.15. The number of likely N-dealkylation sites (tertiary alicyclic amines) is 1. The van der Waals surface area contributed by atoms with Crippen molar-refractivity contribution in [2.45, 2.75) is 50.9 Å². The average molecular weight is 434 g/mol. The molecule has 2 saturated heterocycles. The Hall–Kier alpha value is -3.10. The van der Waals surface area contributed by atoms with E-state index in [1.807, 2.05) is 18.2 Å². The Balaban J connectivity index is 1.33. The van der Waals surface area contributed by atoms with Crippen LogP contribution in [0.25, 0.3) is 11.3 Å². The van der Waals surface area contributed by atoms with Gasteiger partial charge in [-0.05, 0) is 54.7 Å². The van der Waals surface area contributed by atoms with Crippen LogP contribution in [0.15, 0.2) is 36.5 Å². The summed E-state index contributed by atoms with van der Waals surface area (Å²) in [7, 11) is 0. The van der Waals surface area contributed by atoms with Crippen LogP contribution in [0, 0.1) is 0 Å².